The molecule has 0 aliphatic carbocycles. The van der Waals surface area contributed by atoms with Gasteiger partial charge >= 0.3 is 5.69 Å². The Morgan fingerprint density at radius 2 is 2.05 bits per heavy atom. The normalized spacial score (nSPS) is 10.6. The molecule has 0 fully saturated rings. The van der Waals surface area contributed by atoms with E-state index in [2.05, 4.69) is 15.9 Å². The Morgan fingerprint density at radius 3 is 2.65 bits per heavy atom. The molecule has 2 aromatic rings. The van der Waals surface area contributed by atoms with Gasteiger partial charge in [-0.25, -0.2) is 9.36 Å². The van der Waals surface area contributed by atoms with Gasteiger partial charge < -0.3 is 0 Å². The van der Waals surface area contributed by atoms with E-state index >= 15 is 0 Å². The highest BCUT2D eigenvalue weighted by atomic mass is 79.9. The zero-order valence-electron chi connectivity index (χ0n) is 9.39. The van der Waals surface area contributed by atoms with E-state index in [4.69, 9.17) is 11.6 Å². The average molecular weight is 365 g/mol. The molecular formula is C10H4BrClFN3O4. The number of rotatable bonds is 2. The van der Waals surface area contributed by atoms with Crippen LogP contribution in [0.2, 0.25) is 5.15 Å². The highest BCUT2D eigenvalue weighted by Gasteiger charge is 2.18. The predicted octanol–water partition coefficient (Wildman–Crippen LogP) is 1.99. The lowest BCUT2D eigenvalue weighted by atomic mass is 10.3. The molecule has 1 aromatic heterocycles. The van der Waals surface area contributed by atoms with Gasteiger partial charge in [-0.3, -0.25) is 19.9 Å². The second-order valence-corrected chi connectivity index (χ2v) is 4.82. The summed E-state index contributed by atoms with van der Waals surface area (Å²) in [5.74, 6) is -1.35. The fraction of sp³-hybridized carbons (Fsp3) is 0. The number of H-pyrrole nitrogens is 1. The number of nitro benzene ring substituents is 1. The zero-order chi connectivity index (χ0) is 15.0. The lowest BCUT2D eigenvalue weighted by Gasteiger charge is -2.05. The van der Waals surface area contributed by atoms with Crippen LogP contribution in [-0.4, -0.2) is 14.5 Å². The second kappa shape index (κ2) is 5.17. The number of nitro groups is 1. The largest absolute Gasteiger partial charge is 0.334 e. The van der Waals surface area contributed by atoms with Gasteiger partial charge in [0.05, 0.1) is 15.1 Å². The number of hydrogen-bond donors (Lipinski definition) is 1. The third-order valence-corrected chi connectivity index (χ3v) is 3.32. The maximum Gasteiger partial charge on any atom is 0.334 e. The number of aromatic amines is 1. The fourth-order valence-corrected chi connectivity index (χ4v) is 2.06. The van der Waals surface area contributed by atoms with Crippen LogP contribution in [0.25, 0.3) is 5.69 Å². The van der Waals surface area contributed by atoms with Crippen molar-refractivity contribution in [1.29, 1.82) is 0 Å². The molecule has 0 aliphatic rings. The van der Waals surface area contributed by atoms with Gasteiger partial charge in [0.1, 0.15) is 0 Å². The third-order valence-electron chi connectivity index (χ3n) is 2.39. The third kappa shape index (κ3) is 2.37. The van der Waals surface area contributed by atoms with Crippen molar-refractivity contribution < 1.29 is 9.31 Å². The van der Waals surface area contributed by atoms with E-state index in [1.165, 1.54) is 12.1 Å². The molecule has 1 aromatic carbocycles. The molecule has 7 nitrogen and oxygen atoms in total. The molecule has 0 saturated carbocycles. The molecule has 0 spiro atoms. The van der Waals surface area contributed by atoms with Crippen LogP contribution < -0.4 is 11.2 Å². The summed E-state index contributed by atoms with van der Waals surface area (Å²) in [7, 11) is 0. The first-order valence-electron chi connectivity index (χ1n) is 4.97. The molecular weight excluding hydrogens is 360 g/mol. The standard InChI is InChI=1S/C10H4BrClFN3O4/c11-5-2-1-4(3-6(5)16(19)20)15-9(17)7(13)8(12)14-10(15)18/h1-3H,(H,14,18). The van der Waals surface area contributed by atoms with E-state index in [0.717, 1.165) is 6.07 Å². The Balaban J connectivity index is 2.80. The molecule has 0 aliphatic heterocycles. The van der Waals surface area contributed by atoms with Crippen LogP contribution in [-0.2, 0) is 0 Å². The minimum atomic E-state index is -1.35. The molecule has 10 heteroatoms. The summed E-state index contributed by atoms with van der Waals surface area (Å²) >= 11 is 8.28. The van der Waals surface area contributed by atoms with Crippen molar-refractivity contribution in [2.24, 2.45) is 0 Å². The minimum Gasteiger partial charge on any atom is -0.295 e. The SMILES string of the molecule is O=c1[nH]c(Cl)c(F)c(=O)n1-c1ccc(Br)c([N+](=O)[O-])c1. The number of halogens is 3. The van der Waals surface area contributed by atoms with Gasteiger partial charge in [-0.1, -0.05) is 11.6 Å². The van der Waals surface area contributed by atoms with Gasteiger partial charge in [0.2, 0.25) is 5.82 Å². The number of nitrogens with one attached hydrogen (secondary N) is 1. The van der Waals surface area contributed by atoms with Gasteiger partial charge in [0, 0.05) is 6.07 Å². The number of hydrogen-bond acceptors (Lipinski definition) is 4. The monoisotopic (exact) mass is 363 g/mol. The van der Waals surface area contributed by atoms with Crippen molar-refractivity contribution in [1.82, 2.24) is 9.55 Å². The van der Waals surface area contributed by atoms with E-state index < -0.39 is 27.1 Å². The molecule has 104 valence electrons. The van der Waals surface area contributed by atoms with Gasteiger partial charge in [0.15, 0.2) is 5.15 Å². The molecule has 0 unspecified atom stereocenters. The molecule has 0 atom stereocenters. The quantitative estimate of drug-likeness (QED) is 0.500. The first-order valence-corrected chi connectivity index (χ1v) is 6.14. The minimum absolute atomic E-state index is 0.151. The van der Waals surface area contributed by atoms with Crippen molar-refractivity contribution in [3.63, 3.8) is 0 Å². The maximum absolute atomic E-state index is 13.4. The molecule has 0 radical (unpaired) electrons. The topological polar surface area (TPSA) is 98.0 Å². The number of benzene rings is 1. The predicted molar refractivity (Wildman–Crippen MR) is 72.0 cm³/mol. The van der Waals surface area contributed by atoms with E-state index in [1.54, 1.807) is 0 Å². The Morgan fingerprint density at radius 1 is 1.40 bits per heavy atom. The van der Waals surface area contributed by atoms with Crippen molar-refractivity contribution in [2.75, 3.05) is 0 Å². The number of nitrogens with zero attached hydrogens (tertiary/aromatic N) is 2. The van der Waals surface area contributed by atoms with Gasteiger partial charge in [-0.05, 0) is 28.1 Å². The maximum atomic E-state index is 13.4. The van der Waals surface area contributed by atoms with Crippen LogP contribution in [0.5, 0.6) is 0 Å². The van der Waals surface area contributed by atoms with Gasteiger partial charge in [0.25, 0.3) is 11.2 Å². The molecule has 1 heterocycles. The highest BCUT2D eigenvalue weighted by Crippen LogP contribution is 2.26. The molecule has 0 amide bonds. The van der Waals surface area contributed by atoms with Crippen molar-refractivity contribution in [3.8, 4) is 5.69 Å². The van der Waals surface area contributed by atoms with Crippen molar-refractivity contribution >= 4 is 33.2 Å². The Bertz CT molecular complexity index is 832. The lowest BCUT2D eigenvalue weighted by molar-refractivity contribution is -0.385. The van der Waals surface area contributed by atoms with E-state index in [0.29, 0.717) is 4.57 Å². The van der Waals surface area contributed by atoms with E-state index in [9.17, 15) is 24.1 Å². The first kappa shape index (κ1) is 14.4. The zero-order valence-corrected chi connectivity index (χ0v) is 11.7. The van der Waals surface area contributed by atoms with E-state index in [1.807, 2.05) is 4.98 Å². The summed E-state index contributed by atoms with van der Waals surface area (Å²) in [5, 5.41) is 10.1. The van der Waals surface area contributed by atoms with Crippen LogP contribution in [0.1, 0.15) is 0 Å². The Kier molecular flexibility index (Phi) is 3.73. The smallest absolute Gasteiger partial charge is 0.295 e. The highest BCUT2D eigenvalue weighted by molar-refractivity contribution is 9.10. The summed E-state index contributed by atoms with van der Waals surface area (Å²) in [6.07, 6.45) is 0. The Labute approximate surface area is 122 Å². The molecule has 1 N–H and O–H groups in total. The molecule has 20 heavy (non-hydrogen) atoms. The lowest BCUT2D eigenvalue weighted by Crippen LogP contribution is -2.35. The summed E-state index contributed by atoms with van der Waals surface area (Å²) in [5.41, 5.74) is -2.82. The van der Waals surface area contributed by atoms with Gasteiger partial charge in [-0.2, -0.15) is 4.39 Å². The summed E-state index contributed by atoms with van der Waals surface area (Å²) in [6.45, 7) is 0. The first-order chi connectivity index (χ1) is 9.32. The van der Waals surface area contributed by atoms with Crippen LogP contribution >= 0.6 is 27.5 Å². The van der Waals surface area contributed by atoms with Crippen LogP contribution in [0.4, 0.5) is 10.1 Å². The Hall–Kier alpha value is -2.00. The van der Waals surface area contributed by atoms with Crippen LogP contribution in [0.3, 0.4) is 0 Å². The summed E-state index contributed by atoms with van der Waals surface area (Å²) < 4.78 is 14.0. The molecule has 0 bridgehead atoms. The van der Waals surface area contributed by atoms with E-state index in [-0.39, 0.29) is 15.8 Å². The van der Waals surface area contributed by atoms with Crippen LogP contribution in [0, 0.1) is 15.9 Å². The summed E-state index contributed by atoms with van der Waals surface area (Å²) in [6, 6.07) is 3.49. The van der Waals surface area contributed by atoms with Gasteiger partial charge in [-0.15, -0.1) is 0 Å². The fourth-order valence-electron chi connectivity index (χ4n) is 1.50. The number of aromatic nitrogens is 2. The van der Waals surface area contributed by atoms with Crippen LogP contribution in [0.15, 0.2) is 32.3 Å². The summed E-state index contributed by atoms with van der Waals surface area (Å²) in [4.78, 5) is 35.4. The van der Waals surface area contributed by atoms with Crippen molar-refractivity contribution in [3.05, 3.63) is 64.6 Å². The molecule has 0 saturated heterocycles. The average Bonchev–Trinajstić information content (AvgIpc) is 2.37. The van der Waals surface area contributed by atoms with Crippen molar-refractivity contribution in [2.45, 2.75) is 0 Å². The molecule has 2 rings (SSSR count). The second-order valence-electron chi connectivity index (χ2n) is 3.59.